The number of aromatic nitrogens is 3. The molecule has 0 saturated carbocycles. The number of amides is 2. The van der Waals surface area contributed by atoms with Crippen LogP contribution in [-0.2, 0) is 0 Å². The van der Waals surface area contributed by atoms with Crippen LogP contribution in [-0.4, -0.2) is 37.9 Å². The van der Waals surface area contributed by atoms with Crippen molar-refractivity contribution in [3.8, 4) is 11.3 Å². The van der Waals surface area contributed by atoms with E-state index < -0.39 is 5.91 Å². The normalized spacial score (nSPS) is 16.4. The van der Waals surface area contributed by atoms with Gasteiger partial charge in [-0.05, 0) is 44.5 Å². The number of allylic oxidation sites excluding steroid dienone is 1. The van der Waals surface area contributed by atoms with Gasteiger partial charge in [0.25, 0.3) is 11.8 Å². The second kappa shape index (κ2) is 9.23. The smallest absolute Gasteiger partial charge is 0.269 e. The topological polar surface area (TPSA) is 132 Å². The monoisotopic (exact) mass is 451 g/mol. The number of thiazole rings is 1. The van der Waals surface area contributed by atoms with E-state index in [0.717, 1.165) is 25.8 Å². The molecular formula is C22H25N7O2S. The standard InChI is InChI=1S/C22H25N7O2S/c1-2-11-28-12-4-3-5-16(28)20-26-17(18(19(23)30)29(20)24)14-6-8-15(9-7-14)21(31)27-22-25-10-13-32-22/h2,6-11,13,16H,3-5,12,24H2,1H3,(H2,23,30)(H,25,27,31)/t16-/m0/s1. The molecule has 1 aliphatic rings. The number of piperidine rings is 1. The van der Waals surface area contributed by atoms with Crippen molar-refractivity contribution in [1.82, 2.24) is 19.5 Å². The summed E-state index contributed by atoms with van der Waals surface area (Å²) < 4.78 is 1.31. The van der Waals surface area contributed by atoms with E-state index in [-0.39, 0.29) is 17.6 Å². The van der Waals surface area contributed by atoms with Crippen molar-refractivity contribution in [1.29, 1.82) is 0 Å². The van der Waals surface area contributed by atoms with Gasteiger partial charge in [-0.15, -0.1) is 11.3 Å². The molecule has 0 aliphatic carbocycles. The number of anilines is 1. The molecule has 1 atom stereocenters. The average molecular weight is 452 g/mol. The Labute approximate surface area is 189 Å². The SMILES string of the molecule is CC=CN1CCCC[C@H]1c1nc(-c2ccc(C(=O)Nc3nccs3)cc2)c(C(N)=O)n1N. The molecule has 0 unspecified atom stereocenters. The van der Waals surface area contributed by atoms with E-state index in [1.165, 1.54) is 16.0 Å². The van der Waals surface area contributed by atoms with Crippen LogP contribution in [0.2, 0.25) is 0 Å². The molecule has 2 amide bonds. The molecule has 1 fully saturated rings. The molecule has 1 aliphatic heterocycles. The van der Waals surface area contributed by atoms with Gasteiger partial charge in [0.15, 0.2) is 16.6 Å². The Balaban J connectivity index is 1.66. The lowest BCUT2D eigenvalue weighted by atomic mass is 10.0. The highest BCUT2D eigenvalue weighted by Gasteiger charge is 2.30. The van der Waals surface area contributed by atoms with Gasteiger partial charge in [0.05, 0.1) is 6.04 Å². The summed E-state index contributed by atoms with van der Waals surface area (Å²) in [6.45, 7) is 2.86. The minimum absolute atomic E-state index is 0.0415. The maximum absolute atomic E-state index is 12.4. The molecule has 0 bridgehead atoms. The Bertz CT molecular complexity index is 1140. The molecule has 166 valence electrons. The highest BCUT2D eigenvalue weighted by molar-refractivity contribution is 7.13. The van der Waals surface area contributed by atoms with Crippen LogP contribution in [0.3, 0.4) is 0 Å². The number of imidazole rings is 1. The van der Waals surface area contributed by atoms with Crippen molar-refractivity contribution < 1.29 is 9.59 Å². The van der Waals surface area contributed by atoms with Crippen molar-refractivity contribution in [3.63, 3.8) is 0 Å². The highest BCUT2D eigenvalue weighted by atomic mass is 32.1. The summed E-state index contributed by atoms with van der Waals surface area (Å²) >= 11 is 1.34. The van der Waals surface area contributed by atoms with Gasteiger partial charge in [0, 0.05) is 29.2 Å². The fourth-order valence-electron chi connectivity index (χ4n) is 3.96. The van der Waals surface area contributed by atoms with Gasteiger partial charge in [-0.25, -0.2) is 14.6 Å². The number of hydrogen-bond acceptors (Lipinski definition) is 7. The lowest BCUT2D eigenvalue weighted by Gasteiger charge is -2.34. The average Bonchev–Trinajstić information content (AvgIpc) is 3.42. The quantitative estimate of drug-likeness (QED) is 0.493. The number of carbonyl (C=O) groups excluding carboxylic acids is 2. The van der Waals surface area contributed by atoms with Gasteiger partial charge in [0.2, 0.25) is 0 Å². The van der Waals surface area contributed by atoms with Gasteiger partial charge in [-0.1, -0.05) is 18.2 Å². The number of benzene rings is 1. The largest absolute Gasteiger partial charge is 0.368 e. The molecule has 2 aromatic heterocycles. The summed E-state index contributed by atoms with van der Waals surface area (Å²) in [7, 11) is 0. The van der Waals surface area contributed by atoms with Gasteiger partial charge < -0.3 is 16.5 Å². The number of rotatable bonds is 6. The minimum atomic E-state index is -0.653. The molecule has 0 radical (unpaired) electrons. The summed E-state index contributed by atoms with van der Waals surface area (Å²) in [5.41, 5.74) is 7.34. The van der Waals surface area contributed by atoms with E-state index in [2.05, 4.69) is 15.2 Å². The Morgan fingerprint density at radius 2 is 2.03 bits per heavy atom. The first kappa shape index (κ1) is 21.6. The second-order valence-electron chi connectivity index (χ2n) is 7.50. The van der Waals surface area contributed by atoms with Gasteiger partial charge in [-0.2, -0.15) is 0 Å². The molecule has 10 heteroatoms. The zero-order chi connectivity index (χ0) is 22.7. The van der Waals surface area contributed by atoms with Crippen molar-refractivity contribution in [2.75, 3.05) is 17.7 Å². The van der Waals surface area contributed by atoms with E-state index in [1.54, 1.807) is 35.8 Å². The maximum atomic E-state index is 12.4. The molecule has 1 saturated heterocycles. The summed E-state index contributed by atoms with van der Waals surface area (Å²) in [5, 5.41) is 5.06. The van der Waals surface area contributed by atoms with Crippen LogP contribution in [0.15, 0.2) is 48.1 Å². The zero-order valence-corrected chi connectivity index (χ0v) is 18.5. The number of nitrogens with two attached hydrogens (primary N) is 2. The number of primary amides is 1. The fourth-order valence-corrected chi connectivity index (χ4v) is 4.48. The number of nitrogens with zero attached hydrogens (tertiary/aromatic N) is 4. The molecule has 9 nitrogen and oxygen atoms in total. The minimum Gasteiger partial charge on any atom is -0.368 e. The summed E-state index contributed by atoms with van der Waals surface area (Å²) in [6, 6.07) is 6.77. The van der Waals surface area contributed by atoms with Crippen molar-refractivity contribution >= 4 is 28.3 Å². The molecular weight excluding hydrogens is 426 g/mol. The summed E-state index contributed by atoms with van der Waals surface area (Å²) in [5.74, 6) is 5.99. The number of carbonyl (C=O) groups is 2. The predicted octanol–water partition coefficient (Wildman–Crippen LogP) is 3.13. The van der Waals surface area contributed by atoms with Crippen molar-refractivity contribution in [2.24, 2.45) is 5.73 Å². The Morgan fingerprint density at radius 3 is 2.69 bits per heavy atom. The van der Waals surface area contributed by atoms with Crippen molar-refractivity contribution in [2.45, 2.75) is 32.2 Å². The maximum Gasteiger partial charge on any atom is 0.269 e. The summed E-state index contributed by atoms with van der Waals surface area (Å²) in [6.07, 6.45) is 8.65. The predicted molar refractivity (Wildman–Crippen MR) is 125 cm³/mol. The number of hydrogen-bond donors (Lipinski definition) is 3. The lowest BCUT2D eigenvalue weighted by Crippen LogP contribution is -2.33. The number of likely N-dealkylation sites (tertiary alicyclic amines) is 1. The molecule has 0 spiro atoms. The molecule has 32 heavy (non-hydrogen) atoms. The Kier molecular flexibility index (Phi) is 6.22. The number of nitrogen functional groups attached to an aromatic ring is 1. The molecule has 1 aromatic carbocycles. The zero-order valence-electron chi connectivity index (χ0n) is 17.7. The molecule has 3 aromatic rings. The fraction of sp³-hybridized carbons (Fsp3) is 0.273. The third-order valence-corrected chi connectivity index (χ3v) is 6.12. The van der Waals surface area contributed by atoms with E-state index in [1.807, 2.05) is 19.2 Å². The van der Waals surface area contributed by atoms with Gasteiger partial charge >= 0.3 is 0 Å². The van der Waals surface area contributed by atoms with Crippen molar-refractivity contribution in [3.05, 3.63) is 65.2 Å². The van der Waals surface area contributed by atoms with E-state index in [9.17, 15) is 9.59 Å². The Hall–Kier alpha value is -3.66. The van der Waals surface area contributed by atoms with Crippen LogP contribution in [0.1, 0.15) is 58.9 Å². The van der Waals surface area contributed by atoms with E-state index in [4.69, 9.17) is 16.6 Å². The Morgan fingerprint density at radius 1 is 1.25 bits per heavy atom. The first-order valence-electron chi connectivity index (χ1n) is 10.4. The highest BCUT2D eigenvalue weighted by Crippen LogP contribution is 2.33. The third kappa shape index (κ3) is 4.22. The number of nitrogens with one attached hydrogen (secondary N) is 1. The van der Waals surface area contributed by atoms with Gasteiger partial charge in [0.1, 0.15) is 5.69 Å². The lowest BCUT2D eigenvalue weighted by molar-refractivity contribution is 0.0990. The molecule has 4 rings (SSSR count). The first-order chi connectivity index (χ1) is 15.5. The molecule has 5 N–H and O–H groups in total. The van der Waals surface area contributed by atoms with Crippen LogP contribution in [0.25, 0.3) is 11.3 Å². The first-order valence-corrected chi connectivity index (χ1v) is 11.2. The molecule has 3 heterocycles. The van der Waals surface area contributed by atoms with Gasteiger partial charge in [-0.3, -0.25) is 14.9 Å². The van der Waals surface area contributed by atoms with E-state index >= 15 is 0 Å². The van der Waals surface area contributed by atoms with Crippen LogP contribution in [0.5, 0.6) is 0 Å². The third-order valence-electron chi connectivity index (χ3n) is 5.43. The van der Waals surface area contributed by atoms with Crippen LogP contribution in [0, 0.1) is 0 Å². The second-order valence-corrected chi connectivity index (χ2v) is 8.40. The summed E-state index contributed by atoms with van der Waals surface area (Å²) in [4.78, 5) is 35.7. The van der Waals surface area contributed by atoms with Crippen LogP contribution < -0.4 is 16.9 Å². The van der Waals surface area contributed by atoms with E-state index in [0.29, 0.717) is 27.8 Å². The van der Waals surface area contributed by atoms with Crippen LogP contribution >= 0.6 is 11.3 Å². The van der Waals surface area contributed by atoms with Crippen LogP contribution in [0.4, 0.5) is 5.13 Å².